The molecule has 0 aliphatic carbocycles. The van der Waals surface area contributed by atoms with Crippen molar-refractivity contribution in [1.82, 2.24) is 9.88 Å². The summed E-state index contributed by atoms with van der Waals surface area (Å²) in [7, 11) is 0. The van der Waals surface area contributed by atoms with Gasteiger partial charge in [0.25, 0.3) is 11.8 Å². The van der Waals surface area contributed by atoms with E-state index >= 15 is 4.39 Å². The van der Waals surface area contributed by atoms with Crippen LogP contribution in [-0.2, 0) is 5.67 Å². The van der Waals surface area contributed by atoms with Crippen LogP contribution in [0.3, 0.4) is 0 Å². The molecular weight excluding hydrogens is 387 g/mol. The van der Waals surface area contributed by atoms with Gasteiger partial charge in [-0.3, -0.25) is 19.5 Å². The van der Waals surface area contributed by atoms with Gasteiger partial charge in [0.15, 0.2) is 5.67 Å². The quantitative estimate of drug-likeness (QED) is 0.736. The molecule has 2 heterocycles. The van der Waals surface area contributed by atoms with E-state index in [9.17, 15) is 9.59 Å². The second-order valence-electron chi connectivity index (χ2n) is 5.42. The Hall–Kier alpha value is -1.79. The Balaban J connectivity index is 1.93. The molecule has 0 N–H and O–H groups in total. The van der Waals surface area contributed by atoms with Crippen molar-refractivity contribution in [1.29, 1.82) is 0 Å². The van der Waals surface area contributed by atoms with Gasteiger partial charge < -0.3 is 0 Å². The molecule has 1 aliphatic heterocycles. The Morgan fingerprint density at radius 2 is 1.83 bits per heavy atom. The average Bonchev–Trinajstić information content (AvgIpc) is 2.72. The normalized spacial score (nSPS) is 16.4. The number of aromatic nitrogens is 1. The van der Waals surface area contributed by atoms with Crippen molar-refractivity contribution in [3.63, 3.8) is 0 Å². The number of carbonyl (C=O) groups excluding carboxylic acids is 2. The minimum absolute atomic E-state index is 0.0149. The van der Waals surface area contributed by atoms with Crippen molar-refractivity contribution in [2.24, 2.45) is 0 Å². The standard InChI is InChI=1S/C16H11BrClFN2O2/c1-16(19,13-12(18)6-9(17)7-20-13)8-21-14(22)10-4-2-3-5-11(10)15(21)23/h2-7H,8H2,1H3. The summed E-state index contributed by atoms with van der Waals surface area (Å²) in [5, 5.41) is 0.126. The molecule has 1 aromatic carbocycles. The Morgan fingerprint density at radius 1 is 1.26 bits per heavy atom. The number of alkyl halides is 1. The molecule has 0 spiro atoms. The summed E-state index contributed by atoms with van der Waals surface area (Å²) in [6, 6.07) is 7.95. The van der Waals surface area contributed by atoms with Gasteiger partial charge in [0.2, 0.25) is 0 Å². The SMILES string of the molecule is CC(F)(CN1C(=O)c2ccccc2C1=O)c1ncc(Br)cc1Cl. The van der Waals surface area contributed by atoms with E-state index in [1.54, 1.807) is 24.3 Å². The van der Waals surface area contributed by atoms with E-state index < -0.39 is 24.0 Å². The Morgan fingerprint density at radius 3 is 2.35 bits per heavy atom. The zero-order valence-electron chi connectivity index (χ0n) is 12.0. The van der Waals surface area contributed by atoms with E-state index in [0.717, 1.165) is 4.90 Å². The van der Waals surface area contributed by atoms with E-state index in [0.29, 0.717) is 4.47 Å². The fraction of sp³-hybridized carbons (Fsp3) is 0.188. The van der Waals surface area contributed by atoms with Gasteiger partial charge in [0.05, 0.1) is 28.4 Å². The first-order chi connectivity index (χ1) is 10.8. The van der Waals surface area contributed by atoms with E-state index in [1.807, 2.05) is 0 Å². The third-order valence-electron chi connectivity index (χ3n) is 3.63. The third-order valence-corrected chi connectivity index (χ3v) is 4.36. The minimum atomic E-state index is -2.06. The molecule has 0 saturated carbocycles. The van der Waals surface area contributed by atoms with Crippen LogP contribution in [0.25, 0.3) is 0 Å². The van der Waals surface area contributed by atoms with Crippen molar-refractivity contribution >= 4 is 39.3 Å². The number of benzene rings is 1. The second-order valence-corrected chi connectivity index (χ2v) is 6.75. The first-order valence-corrected chi connectivity index (χ1v) is 7.94. The van der Waals surface area contributed by atoms with Crippen molar-refractivity contribution in [2.75, 3.05) is 6.54 Å². The molecule has 4 nitrogen and oxygen atoms in total. The minimum Gasteiger partial charge on any atom is -0.271 e. The average molecular weight is 398 g/mol. The molecule has 1 unspecified atom stereocenters. The number of hydrogen-bond donors (Lipinski definition) is 0. The van der Waals surface area contributed by atoms with Gasteiger partial charge in [-0.2, -0.15) is 0 Å². The van der Waals surface area contributed by atoms with Crippen LogP contribution in [0.4, 0.5) is 4.39 Å². The molecule has 1 atom stereocenters. The highest BCUT2D eigenvalue weighted by atomic mass is 79.9. The lowest BCUT2D eigenvalue weighted by molar-refractivity contribution is 0.0512. The molecule has 23 heavy (non-hydrogen) atoms. The second kappa shape index (κ2) is 5.69. The van der Waals surface area contributed by atoms with E-state index in [2.05, 4.69) is 20.9 Å². The number of fused-ring (bicyclic) bond motifs is 1. The Bertz CT molecular complexity index is 790. The Labute approximate surface area is 145 Å². The smallest absolute Gasteiger partial charge is 0.261 e. The topological polar surface area (TPSA) is 50.3 Å². The van der Waals surface area contributed by atoms with Gasteiger partial charge in [-0.25, -0.2) is 4.39 Å². The maximum Gasteiger partial charge on any atom is 0.261 e. The van der Waals surface area contributed by atoms with Crippen LogP contribution in [0.5, 0.6) is 0 Å². The van der Waals surface area contributed by atoms with Gasteiger partial charge in [-0.1, -0.05) is 23.7 Å². The van der Waals surface area contributed by atoms with Crippen molar-refractivity contribution in [2.45, 2.75) is 12.6 Å². The first-order valence-electron chi connectivity index (χ1n) is 6.77. The predicted molar refractivity (Wildman–Crippen MR) is 87.2 cm³/mol. The number of carbonyl (C=O) groups is 2. The summed E-state index contributed by atoms with van der Waals surface area (Å²) in [5.41, 5.74) is -1.52. The summed E-state index contributed by atoms with van der Waals surface area (Å²) in [6.45, 7) is 0.798. The van der Waals surface area contributed by atoms with Crippen LogP contribution in [0.1, 0.15) is 33.3 Å². The van der Waals surface area contributed by atoms with Crippen LogP contribution in [0.2, 0.25) is 5.02 Å². The molecule has 0 fully saturated rings. The van der Waals surface area contributed by atoms with Crippen LogP contribution in [0, 0.1) is 0 Å². The molecule has 2 amide bonds. The lowest BCUT2D eigenvalue weighted by Crippen LogP contribution is -2.40. The number of pyridine rings is 1. The molecule has 3 rings (SSSR count). The van der Waals surface area contributed by atoms with Gasteiger partial charge in [0.1, 0.15) is 0 Å². The zero-order valence-corrected chi connectivity index (χ0v) is 14.4. The fourth-order valence-electron chi connectivity index (χ4n) is 2.55. The molecule has 118 valence electrons. The van der Waals surface area contributed by atoms with Crippen molar-refractivity contribution in [3.05, 3.63) is 62.8 Å². The number of amides is 2. The third kappa shape index (κ3) is 2.77. The summed E-state index contributed by atoms with van der Waals surface area (Å²) in [6.07, 6.45) is 1.42. The molecule has 0 radical (unpaired) electrons. The molecule has 0 bridgehead atoms. The maximum absolute atomic E-state index is 15.1. The van der Waals surface area contributed by atoms with Gasteiger partial charge in [-0.05, 0) is 41.1 Å². The van der Waals surface area contributed by atoms with Crippen LogP contribution in [0.15, 0.2) is 41.0 Å². The lowest BCUT2D eigenvalue weighted by Gasteiger charge is -2.25. The summed E-state index contributed by atoms with van der Waals surface area (Å²) in [5.74, 6) is -1.02. The number of hydrogen-bond acceptors (Lipinski definition) is 3. The van der Waals surface area contributed by atoms with E-state index in [4.69, 9.17) is 11.6 Å². The number of nitrogens with zero attached hydrogens (tertiary/aromatic N) is 2. The molecule has 7 heteroatoms. The van der Waals surface area contributed by atoms with Gasteiger partial charge in [-0.15, -0.1) is 0 Å². The van der Waals surface area contributed by atoms with Crippen LogP contribution < -0.4 is 0 Å². The number of rotatable bonds is 3. The fourth-order valence-corrected chi connectivity index (χ4v) is 3.38. The van der Waals surface area contributed by atoms with Crippen molar-refractivity contribution in [3.8, 4) is 0 Å². The highest BCUT2D eigenvalue weighted by Crippen LogP contribution is 2.34. The van der Waals surface area contributed by atoms with E-state index in [1.165, 1.54) is 19.2 Å². The summed E-state index contributed by atoms with van der Waals surface area (Å²) in [4.78, 5) is 29.5. The molecular formula is C16H11BrClFN2O2. The maximum atomic E-state index is 15.1. The Kier molecular flexibility index (Phi) is 3.98. The van der Waals surface area contributed by atoms with Crippen LogP contribution >= 0.6 is 27.5 Å². The lowest BCUT2D eigenvalue weighted by atomic mass is 10.0. The predicted octanol–water partition coefficient (Wildman–Crippen LogP) is 3.98. The van der Waals surface area contributed by atoms with E-state index in [-0.39, 0.29) is 21.8 Å². The summed E-state index contributed by atoms with van der Waals surface area (Å²) < 4.78 is 15.7. The highest BCUT2D eigenvalue weighted by Gasteiger charge is 2.42. The number of halogens is 3. The molecule has 1 aliphatic rings. The number of imide groups is 1. The van der Waals surface area contributed by atoms with Crippen LogP contribution in [-0.4, -0.2) is 28.2 Å². The first kappa shape index (κ1) is 16.1. The van der Waals surface area contributed by atoms with Gasteiger partial charge in [0, 0.05) is 10.7 Å². The molecule has 0 saturated heterocycles. The zero-order chi connectivity index (χ0) is 16.8. The largest absolute Gasteiger partial charge is 0.271 e. The molecule has 2 aromatic rings. The highest BCUT2D eigenvalue weighted by molar-refractivity contribution is 9.10. The monoisotopic (exact) mass is 396 g/mol. The van der Waals surface area contributed by atoms with Gasteiger partial charge >= 0.3 is 0 Å². The molecule has 1 aromatic heterocycles. The van der Waals surface area contributed by atoms with Crippen molar-refractivity contribution < 1.29 is 14.0 Å². The summed E-state index contributed by atoms with van der Waals surface area (Å²) >= 11 is 9.24.